The van der Waals surface area contributed by atoms with Crippen molar-refractivity contribution in [3.63, 3.8) is 0 Å². The lowest BCUT2D eigenvalue weighted by Crippen LogP contribution is -2.44. The molecule has 1 saturated heterocycles. The van der Waals surface area contributed by atoms with Crippen molar-refractivity contribution in [1.29, 1.82) is 0 Å². The summed E-state index contributed by atoms with van der Waals surface area (Å²) in [6, 6.07) is 3.49. The van der Waals surface area contributed by atoms with Gasteiger partial charge in [-0.25, -0.2) is 0 Å². The number of carbonyl (C=O) groups excluding carboxylic acids is 1. The Morgan fingerprint density at radius 2 is 2.25 bits per heavy atom. The number of hydrogen-bond donors (Lipinski definition) is 2. The van der Waals surface area contributed by atoms with Crippen LogP contribution in [0.3, 0.4) is 0 Å². The Labute approximate surface area is 160 Å². The van der Waals surface area contributed by atoms with Gasteiger partial charge in [-0.05, 0) is 18.6 Å². The van der Waals surface area contributed by atoms with Crippen molar-refractivity contribution < 1.29 is 9.53 Å². The fourth-order valence-corrected chi connectivity index (χ4v) is 2.54. The van der Waals surface area contributed by atoms with Crippen LogP contribution in [0.25, 0.3) is 0 Å². The second-order valence-corrected chi connectivity index (χ2v) is 5.58. The number of carbonyl (C=O) groups is 1. The van der Waals surface area contributed by atoms with Gasteiger partial charge in [0.05, 0.1) is 12.2 Å². The minimum absolute atomic E-state index is 0. The number of aromatic nitrogens is 1. The molecule has 1 amide bonds. The Bertz CT molecular complexity index is 520. The molecule has 2 rings (SSSR count). The number of aliphatic imine (C=N–C) groups is 1. The summed E-state index contributed by atoms with van der Waals surface area (Å²) in [5, 5.41) is 6.11. The second-order valence-electron chi connectivity index (χ2n) is 5.58. The van der Waals surface area contributed by atoms with E-state index >= 15 is 0 Å². The van der Waals surface area contributed by atoms with Gasteiger partial charge in [0.2, 0.25) is 0 Å². The van der Waals surface area contributed by atoms with Gasteiger partial charge in [0.1, 0.15) is 0 Å². The number of nitrogens with zero attached hydrogens (tertiary/aromatic N) is 3. The quantitative estimate of drug-likeness (QED) is 0.294. The molecule has 1 unspecified atom stereocenters. The first-order valence-electron chi connectivity index (χ1n) is 7.88. The monoisotopic (exact) mass is 447 g/mol. The molecule has 1 aliphatic heterocycles. The maximum Gasteiger partial charge on any atom is 0.252 e. The number of rotatable bonds is 6. The zero-order valence-corrected chi connectivity index (χ0v) is 16.5. The van der Waals surface area contributed by atoms with Gasteiger partial charge in [0, 0.05) is 58.6 Å². The molecule has 8 heteroatoms. The van der Waals surface area contributed by atoms with E-state index < -0.39 is 0 Å². The number of guanidine groups is 1. The van der Waals surface area contributed by atoms with E-state index in [1.165, 1.54) is 0 Å². The van der Waals surface area contributed by atoms with E-state index in [0.717, 1.165) is 32.1 Å². The molecule has 1 aliphatic rings. The third-order valence-corrected chi connectivity index (χ3v) is 3.75. The highest BCUT2D eigenvalue weighted by Gasteiger charge is 2.18. The van der Waals surface area contributed by atoms with Gasteiger partial charge in [-0.1, -0.05) is 0 Å². The second kappa shape index (κ2) is 11.2. The predicted molar refractivity (Wildman–Crippen MR) is 105 cm³/mol. The molecule has 1 atom stereocenters. The van der Waals surface area contributed by atoms with Crippen molar-refractivity contribution in [2.24, 2.45) is 10.9 Å². The van der Waals surface area contributed by atoms with E-state index in [4.69, 9.17) is 4.74 Å². The Kier molecular flexibility index (Phi) is 9.62. The first kappa shape index (κ1) is 20.6. The van der Waals surface area contributed by atoms with E-state index in [1.807, 2.05) is 7.05 Å². The first-order valence-corrected chi connectivity index (χ1v) is 7.88. The SMILES string of the molecule is CN=C(NCCNC(=O)c1cccnc1)N(C)CC1CCOC1.I. The summed E-state index contributed by atoms with van der Waals surface area (Å²) in [6.07, 6.45) is 4.30. The minimum atomic E-state index is -0.119. The summed E-state index contributed by atoms with van der Waals surface area (Å²) in [5.74, 6) is 1.27. The Morgan fingerprint density at radius 3 is 2.88 bits per heavy atom. The van der Waals surface area contributed by atoms with Crippen LogP contribution in [0, 0.1) is 5.92 Å². The van der Waals surface area contributed by atoms with Crippen molar-refractivity contribution in [1.82, 2.24) is 20.5 Å². The summed E-state index contributed by atoms with van der Waals surface area (Å²) in [7, 11) is 3.78. The van der Waals surface area contributed by atoms with E-state index in [-0.39, 0.29) is 29.9 Å². The molecule has 0 bridgehead atoms. The van der Waals surface area contributed by atoms with Gasteiger partial charge in [-0.3, -0.25) is 14.8 Å². The number of ether oxygens (including phenoxy) is 1. The third-order valence-electron chi connectivity index (χ3n) is 3.75. The van der Waals surface area contributed by atoms with Crippen LogP contribution in [0.1, 0.15) is 16.8 Å². The van der Waals surface area contributed by atoms with Crippen LogP contribution in [0.4, 0.5) is 0 Å². The van der Waals surface area contributed by atoms with Gasteiger partial charge >= 0.3 is 0 Å². The predicted octanol–water partition coefficient (Wildman–Crippen LogP) is 0.973. The molecule has 24 heavy (non-hydrogen) atoms. The summed E-state index contributed by atoms with van der Waals surface area (Å²) in [4.78, 5) is 22.2. The summed E-state index contributed by atoms with van der Waals surface area (Å²) in [5.41, 5.74) is 0.565. The fourth-order valence-electron chi connectivity index (χ4n) is 2.54. The van der Waals surface area contributed by atoms with E-state index in [2.05, 4.69) is 25.5 Å². The molecule has 2 heterocycles. The van der Waals surface area contributed by atoms with Crippen LogP contribution >= 0.6 is 24.0 Å². The fraction of sp³-hybridized carbons (Fsp3) is 0.562. The number of halogens is 1. The maximum absolute atomic E-state index is 11.9. The van der Waals surface area contributed by atoms with Gasteiger partial charge in [-0.15, -0.1) is 24.0 Å². The molecule has 0 aromatic carbocycles. The molecule has 0 saturated carbocycles. The molecule has 1 aromatic heterocycles. The highest BCUT2D eigenvalue weighted by molar-refractivity contribution is 14.0. The van der Waals surface area contributed by atoms with Crippen molar-refractivity contribution in [3.8, 4) is 0 Å². The number of nitrogens with one attached hydrogen (secondary N) is 2. The Balaban J connectivity index is 0.00000288. The summed E-state index contributed by atoms with van der Waals surface area (Å²) >= 11 is 0. The maximum atomic E-state index is 11.9. The number of amides is 1. The standard InChI is InChI=1S/C16H25N5O2.HI/c1-17-16(21(2)11-13-5-9-23-12-13)20-8-7-19-15(22)14-4-3-6-18-10-14;/h3-4,6,10,13H,5,7-9,11-12H2,1-2H3,(H,17,20)(H,19,22);1H. The highest BCUT2D eigenvalue weighted by Crippen LogP contribution is 2.13. The molecule has 134 valence electrons. The average molecular weight is 447 g/mol. The molecule has 0 aliphatic carbocycles. The lowest BCUT2D eigenvalue weighted by Gasteiger charge is -2.24. The van der Waals surface area contributed by atoms with Gasteiger partial charge < -0.3 is 20.3 Å². The molecule has 1 fully saturated rings. The molecule has 7 nitrogen and oxygen atoms in total. The van der Waals surface area contributed by atoms with Crippen molar-refractivity contribution in [3.05, 3.63) is 30.1 Å². The topological polar surface area (TPSA) is 78.8 Å². The van der Waals surface area contributed by atoms with Crippen molar-refractivity contribution in [2.75, 3.05) is 46.9 Å². The molecule has 2 N–H and O–H groups in total. The molecular formula is C16H26IN5O2. The van der Waals surface area contributed by atoms with E-state index in [1.54, 1.807) is 31.6 Å². The van der Waals surface area contributed by atoms with Crippen molar-refractivity contribution >= 4 is 35.8 Å². The van der Waals surface area contributed by atoms with Crippen molar-refractivity contribution in [2.45, 2.75) is 6.42 Å². The smallest absolute Gasteiger partial charge is 0.252 e. The largest absolute Gasteiger partial charge is 0.381 e. The summed E-state index contributed by atoms with van der Waals surface area (Å²) in [6.45, 7) is 3.73. The van der Waals surface area contributed by atoms with Crippen LogP contribution < -0.4 is 10.6 Å². The third kappa shape index (κ3) is 6.60. The molecule has 0 spiro atoms. The highest BCUT2D eigenvalue weighted by atomic mass is 127. The normalized spacial score (nSPS) is 17.1. The molecule has 1 aromatic rings. The molecule has 0 radical (unpaired) electrons. The van der Waals surface area contributed by atoms with E-state index in [0.29, 0.717) is 24.6 Å². The van der Waals surface area contributed by atoms with Gasteiger partial charge in [-0.2, -0.15) is 0 Å². The zero-order valence-electron chi connectivity index (χ0n) is 14.2. The van der Waals surface area contributed by atoms with Crippen LogP contribution in [-0.4, -0.2) is 68.7 Å². The number of hydrogen-bond acceptors (Lipinski definition) is 4. The van der Waals surface area contributed by atoms with Gasteiger partial charge in [0.25, 0.3) is 5.91 Å². The summed E-state index contributed by atoms with van der Waals surface area (Å²) < 4.78 is 5.40. The Hall–Kier alpha value is -1.42. The van der Waals surface area contributed by atoms with Crippen LogP contribution in [0.2, 0.25) is 0 Å². The lowest BCUT2D eigenvalue weighted by atomic mass is 10.1. The van der Waals surface area contributed by atoms with Crippen LogP contribution in [-0.2, 0) is 4.74 Å². The minimum Gasteiger partial charge on any atom is -0.381 e. The first-order chi connectivity index (χ1) is 11.2. The Morgan fingerprint density at radius 1 is 1.46 bits per heavy atom. The van der Waals surface area contributed by atoms with Crippen LogP contribution in [0.5, 0.6) is 0 Å². The molecular weight excluding hydrogens is 421 g/mol. The van der Waals surface area contributed by atoms with Gasteiger partial charge in [0.15, 0.2) is 5.96 Å². The number of pyridine rings is 1. The average Bonchev–Trinajstić information content (AvgIpc) is 3.08. The van der Waals surface area contributed by atoms with E-state index in [9.17, 15) is 4.79 Å². The zero-order chi connectivity index (χ0) is 16.5. The lowest BCUT2D eigenvalue weighted by molar-refractivity contribution is 0.0954. The van der Waals surface area contributed by atoms with Crippen LogP contribution in [0.15, 0.2) is 29.5 Å².